The molecule has 0 radical (unpaired) electrons. The van der Waals surface area contributed by atoms with E-state index in [4.69, 9.17) is 18.0 Å². The fourth-order valence-corrected chi connectivity index (χ4v) is 3.12. The number of anilines is 1. The number of thiocarbonyl (C=S) groups is 1. The van der Waals surface area contributed by atoms with Gasteiger partial charge in [-0.05, 0) is 24.0 Å². The molecule has 0 unspecified atom stereocenters. The highest BCUT2D eigenvalue weighted by molar-refractivity contribution is 7.92. The molecule has 0 amide bonds. The molecule has 1 aromatic rings. The summed E-state index contributed by atoms with van der Waals surface area (Å²) >= 11 is 4.91. The van der Waals surface area contributed by atoms with E-state index in [-0.39, 0.29) is 16.2 Å². The Bertz CT molecular complexity index is 560. The molecule has 106 valence electrons. The SMILES string of the molecule is CC(C)(C)CCS(=O)(=O)Nc1ccccc1C(N)=S. The Hall–Kier alpha value is -1.14. The van der Waals surface area contributed by atoms with Crippen LogP contribution in [0.1, 0.15) is 32.8 Å². The largest absolute Gasteiger partial charge is 0.389 e. The van der Waals surface area contributed by atoms with Crippen LogP contribution in [0.4, 0.5) is 5.69 Å². The van der Waals surface area contributed by atoms with Crippen LogP contribution in [0.5, 0.6) is 0 Å². The Balaban J connectivity index is 2.87. The van der Waals surface area contributed by atoms with Crippen LogP contribution in [0.15, 0.2) is 24.3 Å². The summed E-state index contributed by atoms with van der Waals surface area (Å²) in [5.74, 6) is 0.0716. The van der Waals surface area contributed by atoms with Gasteiger partial charge in [-0.3, -0.25) is 4.72 Å². The summed E-state index contributed by atoms with van der Waals surface area (Å²) in [7, 11) is -3.39. The van der Waals surface area contributed by atoms with Gasteiger partial charge in [-0.25, -0.2) is 8.42 Å². The van der Waals surface area contributed by atoms with Crippen molar-refractivity contribution in [2.24, 2.45) is 11.1 Å². The van der Waals surface area contributed by atoms with Crippen molar-refractivity contribution in [3.05, 3.63) is 29.8 Å². The zero-order chi connectivity index (χ0) is 14.7. The first kappa shape index (κ1) is 15.9. The molecule has 4 nitrogen and oxygen atoms in total. The van der Waals surface area contributed by atoms with Crippen molar-refractivity contribution in [2.45, 2.75) is 27.2 Å². The van der Waals surface area contributed by atoms with Gasteiger partial charge in [0.25, 0.3) is 0 Å². The molecule has 19 heavy (non-hydrogen) atoms. The Labute approximate surface area is 120 Å². The van der Waals surface area contributed by atoms with E-state index in [2.05, 4.69) is 4.72 Å². The van der Waals surface area contributed by atoms with Crippen molar-refractivity contribution in [1.82, 2.24) is 0 Å². The Morgan fingerprint density at radius 2 is 1.89 bits per heavy atom. The second kappa shape index (κ2) is 5.88. The zero-order valence-electron chi connectivity index (χ0n) is 11.4. The third kappa shape index (κ3) is 5.57. The van der Waals surface area contributed by atoms with Gasteiger partial charge in [0.2, 0.25) is 10.0 Å². The quantitative estimate of drug-likeness (QED) is 0.820. The van der Waals surface area contributed by atoms with Crippen LogP contribution in [-0.4, -0.2) is 19.2 Å². The topological polar surface area (TPSA) is 72.2 Å². The standard InChI is InChI=1S/C13H20N2O2S2/c1-13(2,3)8-9-19(16,17)15-11-7-5-4-6-10(11)12(14)18/h4-7,15H,8-9H2,1-3H3,(H2,14,18). The molecule has 0 saturated carbocycles. The van der Waals surface area contributed by atoms with Gasteiger partial charge in [0, 0.05) is 5.56 Å². The highest BCUT2D eigenvalue weighted by Crippen LogP contribution is 2.21. The number of benzene rings is 1. The Kier molecular flexibility index (Phi) is 4.92. The van der Waals surface area contributed by atoms with Gasteiger partial charge in [-0.15, -0.1) is 0 Å². The fraction of sp³-hybridized carbons (Fsp3) is 0.462. The number of sulfonamides is 1. The van der Waals surface area contributed by atoms with Crippen LogP contribution in [0, 0.1) is 5.41 Å². The lowest BCUT2D eigenvalue weighted by Crippen LogP contribution is -2.22. The van der Waals surface area contributed by atoms with Crippen molar-refractivity contribution in [1.29, 1.82) is 0 Å². The first-order chi connectivity index (χ1) is 8.61. The third-order valence-corrected chi connectivity index (χ3v) is 4.07. The summed E-state index contributed by atoms with van der Waals surface area (Å²) < 4.78 is 26.6. The molecule has 0 saturated heterocycles. The number of hydrogen-bond donors (Lipinski definition) is 2. The Morgan fingerprint density at radius 3 is 2.42 bits per heavy atom. The predicted octanol–water partition coefficient (Wildman–Crippen LogP) is 2.50. The number of rotatable bonds is 5. The molecule has 3 N–H and O–H groups in total. The van der Waals surface area contributed by atoms with Gasteiger partial charge < -0.3 is 5.73 Å². The molecule has 0 aromatic heterocycles. The van der Waals surface area contributed by atoms with E-state index < -0.39 is 10.0 Å². The second-order valence-corrected chi connectivity index (χ2v) is 7.92. The Morgan fingerprint density at radius 1 is 1.32 bits per heavy atom. The average molecular weight is 300 g/mol. The maximum absolute atomic E-state index is 12.0. The number of nitrogens with two attached hydrogens (primary N) is 1. The van der Waals surface area contributed by atoms with Gasteiger partial charge in [0.15, 0.2) is 0 Å². The minimum Gasteiger partial charge on any atom is -0.389 e. The average Bonchev–Trinajstić information content (AvgIpc) is 2.26. The maximum Gasteiger partial charge on any atom is 0.232 e. The third-order valence-electron chi connectivity index (χ3n) is 2.58. The van der Waals surface area contributed by atoms with E-state index in [9.17, 15) is 8.42 Å². The normalized spacial score (nSPS) is 12.2. The van der Waals surface area contributed by atoms with E-state index in [0.717, 1.165) is 0 Å². The van der Waals surface area contributed by atoms with E-state index in [1.165, 1.54) is 0 Å². The van der Waals surface area contributed by atoms with Crippen molar-refractivity contribution < 1.29 is 8.42 Å². The minimum atomic E-state index is -3.39. The van der Waals surface area contributed by atoms with Crippen LogP contribution in [0.25, 0.3) is 0 Å². The zero-order valence-corrected chi connectivity index (χ0v) is 13.1. The van der Waals surface area contributed by atoms with E-state index in [0.29, 0.717) is 17.7 Å². The lowest BCUT2D eigenvalue weighted by atomic mass is 9.94. The highest BCUT2D eigenvalue weighted by Gasteiger charge is 2.18. The van der Waals surface area contributed by atoms with Crippen LogP contribution in [0.2, 0.25) is 0 Å². The molecule has 1 aromatic carbocycles. The summed E-state index contributed by atoms with van der Waals surface area (Å²) in [6, 6.07) is 6.86. The van der Waals surface area contributed by atoms with Crippen molar-refractivity contribution in [3.8, 4) is 0 Å². The van der Waals surface area contributed by atoms with Gasteiger partial charge in [0.1, 0.15) is 4.99 Å². The molecule has 0 bridgehead atoms. The van der Waals surface area contributed by atoms with Crippen LogP contribution in [-0.2, 0) is 10.0 Å². The van der Waals surface area contributed by atoms with Gasteiger partial charge in [-0.2, -0.15) is 0 Å². The summed E-state index contributed by atoms with van der Waals surface area (Å²) in [5.41, 5.74) is 6.52. The summed E-state index contributed by atoms with van der Waals surface area (Å²) in [5, 5.41) is 0. The van der Waals surface area contributed by atoms with E-state index >= 15 is 0 Å². The maximum atomic E-state index is 12.0. The molecule has 0 fully saturated rings. The lowest BCUT2D eigenvalue weighted by molar-refractivity contribution is 0.397. The number of para-hydroxylation sites is 1. The lowest BCUT2D eigenvalue weighted by Gasteiger charge is -2.18. The molecule has 0 heterocycles. The highest BCUT2D eigenvalue weighted by atomic mass is 32.2. The molecule has 0 aliphatic carbocycles. The molecule has 0 atom stereocenters. The molecular formula is C13H20N2O2S2. The molecule has 0 aliphatic rings. The van der Waals surface area contributed by atoms with Crippen molar-refractivity contribution in [3.63, 3.8) is 0 Å². The number of hydrogen-bond acceptors (Lipinski definition) is 3. The summed E-state index contributed by atoms with van der Waals surface area (Å²) in [4.78, 5) is 0.175. The smallest absolute Gasteiger partial charge is 0.232 e. The predicted molar refractivity (Wildman–Crippen MR) is 83.8 cm³/mol. The summed E-state index contributed by atoms with van der Waals surface area (Å²) in [6.45, 7) is 6.02. The van der Waals surface area contributed by atoms with Crippen LogP contribution >= 0.6 is 12.2 Å². The van der Waals surface area contributed by atoms with Gasteiger partial charge in [-0.1, -0.05) is 45.1 Å². The fourth-order valence-electron chi connectivity index (χ4n) is 1.45. The molecule has 1 rings (SSSR count). The van der Waals surface area contributed by atoms with Gasteiger partial charge >= 0.3 is 0 Å². The first-order valence-corrected chi connectivity index (χ1v) is 8.06. The van der Waals surface area contributed by atoms with Crippen molar-refractivity contribution >= 4 is 32.9 Å². The first-order valence-electron chi connectivity index (χ1n) is 6.00. The monoisotopic (exact) mass is 300 g/mol. The number of nitrogens with one attached hydrogen (secondary N) is 1. The van der Waals surface area contributed by atoms with E-state index in [1.807, 2.05) is 20.8 Å². The second-order valence-electron chi connectivity index (χ2n) is 5.64. The van der Waals surface area contributed by atoms with Crippen LogP contribution in [0.3, 0.4) is 0 Å². The van der Waals surface area contributed by atoms with Crippen molar-refractivity contribution in [2.75, 3.05) is 10.5 Å². The molecule has 0 spiro atoms. The molecule has 0 aliphatic heterocycles. The molecule has 6 heteroatoms. The summed E-state index contributed by atoms with van der Waals surface area (Å²) in [6.07, 6.45) is 0.581. The van der Waals surface area contributed by atoms with E-state index in [1.54, 1.807) is 24.3 Å². The molecular weight excluding hydrogens is 280 g/mol. The van der Waals surface area contributed by atoms with Gasteiger partial charge in [0.05, 0.1) is 11.4 Å². The minimum absolute atomic E-state index is 0.0303. The van der Waals surface area contributed by atoms with Crippen LogP contribution < -0.4 is 10.5 Å².